The number of anilines is 1. The number of nitrogens with zero attached hydrogens (tertiary/aromatic N) is 2. The largest absolute Gasteiger partial charge is 0.308 e. The highest BCUT2D eigenvalue weighted by Gasteiger charge is 2.37. The highest BCUT2D eigenvalue weighted by molar-refractivity contribution is 7.89. The molecule has 1 aliphatic heterocycles. The molecule has 4 rings (SSSR count). The Balaban J connectivity index is 1.65. The van der Waals surface area contributed by atoms with Crippen molar-refractivity contribution in [1.29, 1.82) is 0 Å². The number of benzene rings is 2. The van der Waals surface area contributed by atoms with Crippen LogP contribution in [0.5, 0.6) is 0 Å². The van der Waals surface area contributed by atoms with Gasteiger partial charge in [0.1, 0.15) is 0 Å². The van der Waals surface area contributed by atoms with Gasteiger partial charge in [-0.25, -0.2) is 8.42 Å². The van der Waals surface area contributed by atoms with E-state index in [0.29, 0.717) is 0 Å². The van der Waals surface area contributed by atoms with Gasteiger partial charge < -0.3 is 4.90 Å². The molecule has 0 N–H and O–H groups in total. The standard InChI is InChI=1S/C23H28N2O3S/c1-18-16-19-10-8-9-15-22(19)25(18)23(26)17-24(20-11-4-2-5-12-20)29(27,28)21-13-6-3-7-14-21/h3,6-10,13-15,18,20H,2,4-5,11-12,16-17H2,1H3. The summed E-state index contributed by atoms with van der Waals surface area (Å²) in [4.78, 5) is 15.4. The molecule has 0 aromatic heterocycles. The summed E-state index contributed by atoms with van der Waals surface area (Å²) in [7, 11) is -3.73. The summed E-state index contributed by atoms with van der Waals surface area (Å²) in [6, 6.07) is 16.3. The zero-order valence-corrected chi connectivity index (χ0v) is 17.6. The van der Waals surface area contributed by atoms with Crippen molar-refractivity contribution in [2.75, 3.05) is 11.4 Å². The van der Waals surface area contributed by atoms with Crippen LogP contribution in [-0.4, -0.2) is 37.3 Å². The first-order valence-electron chi connectivity index (χ1n) is 10.5. The maximum Gasteiger partial charge on any atom is 0.243 e. The fourth-order valence-corrected chi connectivity index (χ4v) is 6.32. The molecule has 0 radical (unpaired) electrons. The van der Waals surface area contributed by atoms with Crippen molar-refractivity contribution in [2.24, 2.45) is 0 Å². The summed E-state index contributed by atoms with van der Waals surface area (Å²) in [5, 5.41) is 0. The van der Waals surface area contributed by atoms with Gasteiger partial charge in [-0.05, 0) is 49.9 Å². The van der Waals surface area contributed by atoms with Gasteiger partial charge in [0.25, 0.3) is 0 Å². The quantitative estimate of drug-likeness (QED) is 0.746. The number of carbonyl (C=O) groups is 1. The molecular formula is C23H28N2O3S. The van der Waals surface area contributed by atoms with Crippen molar-refractivity contribution in [3.05, 3.63) is 60.2 Å². The molecule has 1 fully saturated rings. The number of rotatable bonds is 5. The van der Waals surface area contributed by atoms with Crippen LogP contribution < -0.4 is 4.90 Å². The number of para-hydroxylation sites is 1. The molecule has 0 spiro atoms. The summed E-state index contributed by atoms with van der Waals surface area (Å²) in [6.45, 7) is 1.91. The summed E-state index contributed by atoms with van der Waals surface area (Å²) in [5.41, 5.74) is 2.05. The third-order valence-electron chi connectivity index (χ3n) is 6.10. The highest BCUT2D eigenvalue weighted by atomic mass is 32.2. The fraction of sp³-hybridized carbons (Fsp3) is 0.435. The van der Waals surface area contributed by atoms with Crippen molar-refractivity contribution in [3.8, 4) is 0 Å². The molecule has 1 saturated carbocycles. The van der Waals surface area contributed by atoms with E-state index in [4.69, 9.17) is 0 Å². The van der Waals surface area contributed by atoms with Gasteiger partial charge in [0, 0.05) is 17.8 Å². The monoisotopic (exact) mass is 412 g/mol. The second kappa shape index (κ2) is 8.28. The minimum Gasteiger partial charge on any atom is -0.308 e. The molecule has 6 heteroatoms. The van der Waals surface area contributed by atoms with Crippen LogP contribution >= 0.6 is 0 Å². The van der Waals surface area contributed by atoms with Crippen LogP contribution in [0.4, 0.5) is 5.69 Å². The molecule has 1 unspecified atom stereocenters. The first-order valence-corrected chi connectivity index (χ1v) is 11.9. The van der Waals surface area contributed by atoms with Crippen LogP contribution in [0.1, 0.15) is 44.6 Å². The van der Waals surface area contributed by atoms with E-state index in [0.717, 1.165) is 49.8 Å². The third-order valence-corrected chi connectivity index (χ3v) is 8.01. The second-order valence-corrected chi connectivity index (χ2v) is 9.99. The minimum absolute atomic E-state index is 0.0348. The van der Waals surface area contributed by atoms with Gasteiger partial charge in [-0.1, -0.05) is 55.7 Å². The number of sulfonamides is 1. The van der Waals surface area contributed by atoms with Gasteiger partial charge in [0.05, 0.1) is 11.4 Å². The van der Waals surface area contributed by atoms with Gasteiger partial charge in [-0.3, -0.25) is 4.79 Å². The lowest BCUT2D eigenvalue weighted by Crippen LogP contribution is -2.49. The molecule has 5 nitrogen and oxygen atoms in total. The number of amides is 1. The summed E-state index contributed by atoms with van der Waals surface area (Å²) >= 11 is 0. The van der Waals surface area contributed by atoms with Gasteiger partial charge in [0.15, 0.2) is 0 Å². The summed E-state index contributed by atoms with van der Waals surface area (Å²) in [5.74, 6) is -0.146. The zero-order chi connectivity index (χ0) is 20.4. The van der Waals surface area contributed by atoms with Gasteiger partial charge in [0.2, 0.25) is 15.9 Å². The van der Waals surface area contributed by atoms with Crippen LogP contribution in [0.3, 0.4) is 0 Å². The van der Waals surface area contributed by atoms with Crippen molar-refractivity contribution in [2.45, 2.75) is 62.4 Å². The molecule has 2 aromatic rings. The van der Waals surface area contributed by atoms with Crippen LogP contribution in [0.25, 0.3) is 0 Å². The topological polar surface area (TPSA) is 57.7 Å². The Morgan fingerprint density at radius 3 is 2.38 bits per heavy atom. The van der Waals surface area contributed by atoms with E-state index in [2.05, 4.69) is 0 Å². The number of hydrogen-bond acceptors (Lipinski definition) is 3. The number of carbonyl (C=O) groups excluding carboxylic acids is 1. The first kappa shape index (κ1) is 20.1. The molecule has 1 amide bonds. The lowest BCUT2D eigenvalue weighted by molar-refractivity contribution is -0.119. The maximum absolute atomic E-state index is 13.5. The van der Waals surface area contributed by atoms with E-state index in [1.54, 1.807) is 35.2 Å². The van der Waals surface area contributed by atoms with Crippen molar-refractivity contribution < 1.29 is 13.2 Å². The summed E-state index contributed by atoms with van der Waals surface area (Å²) < 4.78 is 28.4. The van der Waals surface area contributed by atoms with E-state index < -0.39 is 10.0 Å². The number of fused-ring (bicyclic) bond motifs is 1. The van der Waals surface area contributed by atoms with Gasteiger partial charge >= 0.3 is 0 Å². The highest BCUT2D eigenvalue weighted by Crippen LogP contribution is 2.33. The molecule has 0 bridgehead atoms. The lowest BCUT2D eigenvalue weighted by atomic mass is 9.95. The Labute approximate surface area is 173 Å². The molecule has 0 saturated heterocycles. The molecule has 1 aliphatic carbocycles. The van der Waals surface area contributed by atoms with E-state index in [9.17, 15) is 13.2 Å². The molecule has 2 aliphatic rings. The summed E-state index contributed by atoms with van der Waals surface area (Å²) in [6.07, 6.45) is 5.55. The Morgan fingerprint density at radius 2 is 1.66 bits per heavy atom. The smallest absolute Gasteiger partial charge is 0.243 e. The van der Waals surface area contributed by atoms with Crippen LogP contribution in [0, 0.1) is 0 Å². The van der Waals surface area contributed by atoms with Crippen LogP contribution in [0.2, 0.25) is 0 Å². The average molecular weight is 413 g/mol. The lowest BCUT2D eigenvalue weighted by Gasteiger charge is -2.34. The van der Waals surface area contributed by atoms with Gasteiger partial charge in [-0.2, -0.15) is 4.31 Å². The Hall–Kier alpha value is -2.18. The molecular weight excluding hydrogens is 384 g/mol. The van der Waals surface area contributed by atoms with Crippen molar-refractivity contribution in [3.63, 3.8) is 0 Å². The number of hydrogen-bond donors (Lipinski definition) is 0. The molecule has 29 heavy (non-hydrogen) atoms. The predicted octanol–water partition coefficient (Wildman–Crippen LogP) is 3.99. The predicted molar refractivity (Wildman–Crippen MR) is 114 cm³/mol. The van der Waals surface area contributed by atoms with Crippen LogP contribution in [-0.2, 0) is 21.2 Å². The van der Waals surface area contributed by atoms with E-state index in [1.807, 2.05) is 31.2 Å². The third kappa shape index (κ3) is 3.96. The Morgan fingerprint density at radius 1 is 1.00 bits per heavy atom. The van der Waals surface area contributed by atoms with Crippen molar-refractivity contribution in [1.82, 2.24) is 4.31 Å². The molecule has 1 heterocycles. The van der Waals surface area contributed by atoms with E-state index in [1.165, 1.54) is 4.31 Å². The van der Waals surface area contributed by atoms with Crippen molar-refractivity contribution >= 4 is 21.6 Å². The minimum atomic E-state index is -3.73. The van der Waals surface area contributed by atoms with Crippen LogP contribution in [0.15, 0.2) is 59.5 Å². The average Bonchev–Trinajstić information content (AvgIpc) is 3.08. The Bertz CT molecular complexity index is 969. The second-order valence-electron chi connectivity index (χ2n) is 8.10. The van der Waals surface area contributed by atoms with E-state index >= 15 is 0 Å². The first-order chi connectivity index (χ1) is 14.0. The van der Waals surface area contributed by atoms with Gasteiger partial charge in [-0.15, -0.1) is 0 Å². The maximum atomic E-state index is 13.5. The van der Waals surface area contributed by atoms with E-state index in [-0.39, 0.29) is 29.4 Å². The molecule has 2 aromatic carbocycles. The fourth-order valence-electron chi connectivity index (χ4n) is 4.66. The normalized spacial score (nSPS) is 20.1. The molecule has 1 atom stereocenters. The Kier molecular flexibility index (Phi) is 5.74. The molecule has 154 valence electrons. The zero-order valence-electron chi connectivity index (χ0n) is 16.8. The SMILES string of the molecule is CC1Cc2ccccc2N1C(=O)CN(C1CCCCC1)S(=O)(=O)c1ccccc1.